The molecule has 1 aromatic carbocycles. The van der Waals surface area contributed by atoms with Crippen molar-refractivity contribution in [1.82, 2.24) is 4.98 Å². The van der Waals surface area contributed by atoms with Crippen molar-refractivity contribution >= 4 is 11.8 Å². The van der Waals surface area contributed by atoms with Gasteiger partial charge in [-0.25, -0.2) is 4.98 Å². The van der Waals surface area contributed by atoms with Gasteiger partial charge in [-0.05, 0) is 31.2 Å². The molecule has 1 saturated carbocycles. The summed E-state index contributed by atoms with van der Waals surface area (Å²) in [7, 11) is 1.39. The molecule has 3 rings (SSSR count). The lowest BCUT2D eigenvalue weighted by Crippen LogP contribution is -2.35. The zero-order valence-electron chi connectivity index (χ0n) is 18.8. The van der Waals surface area contributed by atoms with Gasteiger partial charge in [-0.3, -0.25) is 9.59 Å². The molecule has 0 unspecified atom stereocenters. The SMILES string of the molecule is COc1ccnc(C(=O)C[C@@H](C)C(=O)O[C@@H](C)[C@@H](Cc2ccccc2)OCC2CC2)c1O. The van der Waals surface area contributed by atoms with Crippen LogP contribution >= 0.6 is 0 Å². The number of hydrogen-bond acceptors (Lipinski definition) is 7. The summed E-state index contributed by atoms with van der Waals surface area (Å²) in [6.45, 7) is 4.11. The fourth-order valence-electron chi connectivity index (χ4n) is 3.39. The Morgan fingerprint density at radius 3 is 2.53 bits per heavy atom. The minimum Gasteiger partial charge on any atom is -0.503 e. The maximum absolute atomic E-state index is 12.7. The molecule has 0 aliphatic heterocycles. The van der Waals surface area contributed by atoms with Crippen LogP contribution < -0.4 is 4.74 Å². The Balaban J connectivity index is 1.59. The van der Waals surface area contributed by atoms with E-state index in [9.17, 15) is 14.7 Å². The molecule has 7 heteroatoms. The average molecular weight is 442 g/mol. The number of methoxy groups -OCH3 is 1. The van der Waals surface area contributed by atoms with Crippen LogP contribution in [0.4, 0.5) is 0 Å². The van der Waals surface area contributed by atoms with E-state index in [1.807, 2.05) is 37.3 Å². The molecule has 1 fully saturated rings. The van der Waals surface area contributed by atoms with Gasteiger partial charge in [-0.2, -0.15) is 0 Å². The number of aromatic nitrogens is 1. The molecule has 32 heavy (non-hydrogen) atoms. The summed E-state index contributed by atoms with van der Waals surface area (Å²) in [6, 6.07) is 11.4. The smallest absolute Gasteiger partial charge is 0.309 e. The molecule has 1 aliphatic carbocycles. The first-order chi connectivity index (χ1) is 15.4. The Hall–Kier alpha value is -2.93. The van der Waals surface area contributed by atoms with Gasteiger partial charge in [0.2, 0.25) is 0 Å². The number of ether oxygens (including phenoxy) is 3. The third-order valence-electron chi connectivity index (χ3n) is 5.61. The number of aromatic hydroxyl groups is 1. The van der Waals surface area contributed by atoms with Crippen LogP contribution in [0.5, 0.6) is 11.5 Å². The Kier molecular flexibility index (Phi) is 8.22. The highest BCUT2D eigenvalue weighted by atomic mass is 16.6. The highest BCUT2D eigenvalue weighted by Crippen LogP contribution is 2.31. The average Bonchev–Trinajstić information content (AvgIpc) is 3.61. The van der Waals surface area contributed by atoms with Crippen LogP contribution in [0.2, 0.25) is 0 Å². The van der Waals surface area contributed by atoms with E-state index >= 15 is 0 Å². The normalized spacial score (nSPS) is 16.1. The van der Waals surface area contributed by atoms with Crippen LogP contribution in [-0.4, -0.2) is 47.8 Å². The van der Waals surface area contributed by atoms with Gasteiger partial charge in [-0.15, -0.1) is 0 Å². The molecule has 172 valence electrons. The van der Waals surface area contributed by atoms with Crippen LogP contribution in [0, 0.1) is 11.8 Å². The summed E-state index contributed by atoms with van der Waals surface area (Å²) in [5.41, 5.74) is 0.991. The molecule has 3 atom stereocenters. The van der Waals surface area contributed by atoms with E-state index in [1.54, 1.807) is 6.92 Å². The molecule has 0 radical (unpaired) electrons. The molecule has 1 aromatic heterocycles. The molecule has 0 spiro atoms. The summed E-state index contributed by atoms with van der Waals surface area (Å²) >= 11 is 0. The van der Waals surface area contributed by atoms with E-state index in [-0.39, 0.29) is 29.7 Å². The number of pyridine rings is 1. The second-order valence-corrected chi connectivity index (χ2v) is 8.39. The lowest BCUT2D eigenvalue weighted by Gasteiger charge is -2.26. The van der Waals surface area contributed by atoms with Gasteiger partial charge in [0.25, 0.3) is 0 Å². The molecule has 2 aromatic rings. The minimum absolute atomic E-state index is 0.119. The van der Waals surface area contributed by atoms with Crippen molar-refractivity contribution in [2.24, 2.45) is 11.8 Å². The zero-order valence-corrected chi connectivity index (χ0v) is 18.8. The Labute approximate surface area is 188 Å². The van der Waals surface area contributed by atoms with E-state index in [0.717, 1.165) is 5.56 Å². The summed E-state index contributed by atoms with van der Waals surface area (Å²) in [5, 5.41) is 10.1. The number of carbonyl (C=O) groups excluding carboxylic acids is 2. The van der Waals surface area contributed by atoms with Crippen molar-refractivity contribution < 1.29 is 28.9 Å². The van der Waals surface area contributed by atoms with E-state index in [1.165, 1.54) is 32.2 Å². The van der Waals surface area contributed by atoms with Gasteiger partial charge in [0.1, 0.15) is 6.10 Å². The minimum atomic E-state index is -0.696. The third kappa shape index (κ3) is 6.53. The maximum Gasteiger partial charge on any atom is 0.309 e. The standard InChI is InChI=1S/C25H31NO6/c1-16(13-20(27)23-24(28)21(30-3)11-12-26-23)25(29)32-17(2)22(31-15-19-9-10-19)14-18-7-5-4-6-8-18/h4-8,11-12,16-17,19,22,28H,9-10,13-15H2,1-3H3/t16-,17+,22-/m1/s1. The molecule has 0 bridgehead atoms. The van der Waals surface area contributed by atoms with E-state index in [2.05, 4.69) is 4.98 Å². The van der Waals surface area contributed by atoms with Gasteiger partial charge in [0.15, 0.2) is 23.0 Å². The van der Waals surface area contributed by atoms with Crippen LogP contribution in [0.25, 0.3) is 0 Å². The zero-order chi connectivity index (χ0) is 23.1. The number of ketones is 1. The summed E-state index contributed by atoms with van der Waals surface area (Å²) in [6.07, 6.45) is 3.49. The quantitative estimate of drug-likeness (QED) is 0.393. The van der Waals surface area contributed by atoms with Crippen molar-refractivity contribution in [3.8, 4) is 11.5 Å². The molecule has 1 heterocycles. The molecule has 0 amide bonds. The molecule has 0 saturated heterocycles. The number of esters is 1. The second-order valence-electron chi connectivity index (χ2n) is 8.39. The number of carbonyl (C=O) groups is 2. The van der Waals surface area contributed by atoms with Crippen molar-refractivity contribution in [2.75, 3.05) is 13.7 Å². The summed E-state index contributed by atoms with van der Waals surface area (Å²) in [5.74, 6) is -1.21. The van der Waals surface area contributed by atoms with Crippen LogP contribution in [0.3, 0.4) is 0 Å². The number of benzene rings is 1. The fraction of sp³-hybridized carbons (Fsp3) is 0.480. The number of Topliss-reactive ketones (excluding diaryl/α,β-unsaturated/α-hetero) is 1. The first-order valence-electron chi connectivity index (χ1n) is 11.0. The predicted octanol–water partition coefficient (Wildman–Crippen LogP) is 3.97. The van der Waals surface area contributed by atoms with Gasteiger partial charge >= 0.3 is 5.97 Å². The molecule has 1 aliphatic rings. The van der Waals surface area contributed by atoms with Gasteiger partial charge in [0, 0.05) is 31.7 Å². The van der Waals surface area contributed by atoms with Gasteiger partial charge < -0.3 is 19.3 Å². The van der Waals surface area contributed by atoms with E-state index < -0.39 is 23.8 Å². The topological polar surface area (TPSA) is 95.0 Å². The third-order valence-corrected chi connectivity index (χ3v) is 5.61. The highest BCUT2D eigenvalue weighted by Gasteiger charge is 2.30. The Morgan fingerprint density at radius 2 is 1.88 bits per heavy atom. The van der Waals surface area contributed by atoms with Gasteiger partial charge in [0.05, 0.1) is 19.1 Å². The van der Waals surface area contributed by atoms with Crippen molar-refractivity contribution in [2.45, 2.75) is 51.7 Å². The fourth-order valence-corrected chi connectivity index (χ4v) is 3.39. The monoisotopic (exact) mass is 441 g/mol. The van der Waals surface area contributed by atoms with E-state index in [4.69, 9.17) is 14.2 Å². The maximum atomic E-state index is 12.7. The van der Waals surface area contributed by atoms with Crippen molar-refractivity contribution in [1.29, 1.82) is 0 Å². The van der Waals surface area contributed by atoms with Crippen molar-refractivity contribution in [3.63, 3.8) is 0 Å². The highest BCUT2D eigenvalue weighted by molar-refractivity contribution is 5.99. The summed E-state index contributed by atoms with van der Waals surface area (Å²) < 4.78 is 16.8. The lowest BCUT2D eigenvalue weighted by molar-refractivity contribution is -0.160. The molecular formula is C25H31NO6. The number of nitrogens with zero attached hydrogens (tertiary/aromatic N) is 1. The number of rotatable bonds is 12. The molecular weight excluding hydrogens is 410 g/mol. The van der Waals surface area contributed by atoms with E-state index in [0.29, 0.717) is 18.9 Å². The number of hydrogen-bond donors (Lipinski definition) is 1. The first-order valence-corrected chi connectivity index (χ1v) is 11.0. The Morgan fingerprint density at radius 1 is 1.16 bits per heavy atom. The predicted molar refractivity (Wildman–Crippen MR) is 119 cm³/mol. The van der Waals surface area contributed by atoms with Gasteiger partial charge in [-0.1, -0.05) is 37.3 Å². The Bertz CT molecular complexity index is 912. The molecule has 7 nitrogen and oxygen atoms in total. The lowest BCUT2D eigenvalue weighted by atomic mass is 10.0. The van der Waals surface area contributed by atoms with Crippen molar-refractivity contribution in [3.05, 3.63) is 53.9 Å². The summed E-state index contributed by atoms with van der Waals surface area (Å²) in [4.78, 5) is 29.2. The van der Waals surface area contributed by atoms with Crippen LogP contribution in [0.1, 0.15) is 49.2 Å². The van der Waals surface area contributed by atoms with Crippen LogP contribution in [0.15, 0.2) is 42.6 Å². The molecule has 1 N–H and O–H groups in total. The first kappa shape index (κ1) is 23.7. The largest absolute Gasteiger partial charge is 0.503 e. The van der Waals surface area contributed by atoms with Crippen LogP contribution in [-0.2, 0) is 20.7 Å². The second kappa shape index (κ2) is 11.1.